The Kier molecular flexibility index (Phi) is 5.66. The predicted octanol–water partition coefficient (Wildman–Crippen LogP) is 4.04. The van der Waals surface area contributed by atoms with Crippen LogP contribution in [0.25, 0.3) is 16.5 Å². The second-order valence-electron chi connectivity index (χ2n) is 7.40. The Balaban J connectivity index is 1.32. The van der Waals surface area contributed by atoms with Crippen molar-refractivity contribution in [1.29, 1.82) is 0 Å². The van der Waals surface area contributed by atoms with Crippen molar-refractivity contribution in [3.63, 3.8) is 0 Å². The number of rotatable bonds is 4. The molecule has 7 nitrogen and oxygen atoms in total. The first-order chi connectivity index (χ1) is 15.0. The number of hydrazine groups is 1. The molecule has 0 spiro atoms. The van der Waals surface area contributed by atoms with Crippen LogP contribution in [0.1, 0.15) is 16.8 Å². The summed E-state index contributed by atoms with van der Waals surface area (Å²) in [4.78, 5) is 24.4. The van der Waals surface area contributed by atoms with Gasteiger partial charge in [0.05, 0.1) is 12.1 Å². The highest BCUT2D eigenvalue weighted by Crippen LogP contribution is 2.17. The van der Waals surface area contributed by atoms with Gasteiger partial charge in [-0.3, -0.25) is 15.5 Å². The summed E-state index contributed by atoms with van der Waals surface area (Å²) in [6.07, 6.45) is 0.159. The van der Waals surface area contributed by atoms with Gasteiger partial charge in [0.15, 0.2) is 5.82 Å². The Morgan fingerprint density at radius 3 is 2.39 bits per heavy atom. The Morgan fingerprint density at radius 2 is 1.61 bits per heavy atom. The second-order valence-corrected chi connectivity index (χ2v) is 7.40. The minimum atomic E-state index is -0.569. The van der Waals surface area contributed by atoms with Gasteiger partial charge in [-0.2, -0.15) is 0 Å². The van der Waals surface area contributed by atoms with Crippen LogP contribution in [-0.2, 0) is 11.2 Å². The first-order valence-corrected chi connectivity index (χ1v) is 9.95. The van der Waals surface area contributed by atoms with E-state index in [1.807, 2.05) is 80.6 Å². The molecule has 31 heavy (non-hydrogen) atoms. The van der Waals surface area contributed by atoms with Gasteiger partial charge in [0.1, 0.15) is 0 Å². The number of fused-ring (bicyclic) bond motifs is 1. The molecule has 0 aliphatic carbocycles. The molecule has 4 rings (SSSR count). The summed E-state index contributed by atoms with van der Waals surface area (Å²) in [5.41, 5.74) is 8.59. The largest absolute Gasteiger partial charge is 0.339 e. The quantitative estimate of drug-likeness (QED) is 0.441. The first kappa shape index (κ1) is 20.2. The lowest BCUT2D eigenvalue weighted by Gasteiger charge is -2.08. The van der Waals surface area contributed by atoms with E-state index in [9.17, 15) is 9.59 Å². The van der Waals surface area contributed by atoms with E-state index in [1.54, 1.807) is 10.7 Å². The zero-order valence-corrected chi connectivity index (χ0v) is 17.3. The van der Waals surface area contributed by atoms with Crippen LogP contribution in [0.4, 0.5) is 10.6 Å². The Bertz CT molecular complexity index is 1240. The van der Waals surface area contributed by atoms with E-state index in [1.165, 1.54) is 0 Å². The fourth-order valence-corrected chi connectivity index (χ4v) is 3.34. The number of benzene rings is 3. The van der Waals surface area contributed by atoms with Crippen LogP contribution in [0.3, 0.4) is 0 Å². The molecular formula is C24H23N5O2. The molecule has 0 bridgehead atoms. The van der Waals surface area contributed by atoms with Crippen molar-refractivity contribution in [2.45, 2.75) is 20.3 Å². The van der Waals surface area contributed by atoms with Gasteiger partial charge in [0.25, 0.3) is 0 Å². The smallest absolute Gasteiger partial charge is 0.289 e. The lowest BCUT2D eigenvalue weighted by molar-refractivity contribution is -0.121. The molecule has 0 aliphatic heterocycles. The lowest BCUT2D eigenvalue weighted by atomic mass is 10.1. The summed E-state index contributed by atoms with van der Waals surface area (Å²) in [6.45, 7) is 3.92. The van der Waals surface area contributed by atoms with Gasteiger partial charge in [-0.15, -0.1) is 5.10 Å². The van der Waals surface area contributed by atoms with Crippen molar-refractivity contribution in [2.75, 3.05) is 5.32 Å². The maximum absolute atomic E-state index is 12.2. The minimum Gasteiger partial charge on any atom is -0.289 e. The number of hydrogen-bond acceptors (Lipinski definition) is 3. The molecule has 0 unspecified atom stereocenters. The third-order valence-corrected chi connectivity index (χ3v) is 4.90. The molecule has 0 atom stereocenters. The molecule has 1 heterocycles. The highest BCUT2D eigenvalue weighted by molar-refractivity contribution is 5.91. The first-order valence-electron chi connectivity index (χ1n) is 9.95. The van der Waals surface area contributed by atoms with Crippen LogP contribution in [0.5, 0.6) is 0 Å². The molecule has 0 aliphatic rings. The predicted molar refractivity (Wildman–Crippen MR) is 121 cm³/mol. The van der Waals surface area contributed by atoms with Crippen LogP contribution < -0.4 is 16.2 Å². The van der Waals surface area contributed by atoms with Crippen LogP contribution in [0, 0.1) is 13.8 Å². The molecule has 0 saturated carbocycles. The number of nitrogens with zero attached hydrogens (tertiary/aromatic N) is 2. The van der Waals surface area contributed by atoms with Gasteiger partial charge in [-0.1, -0.05) is 60.2 Å². The summed E-state index contributed by atoms with van der Waals surface area (Å²) in [6, 6.07) is 22.9. The number of carbonyl (C=O) groups excluding carboxylic acids is 2. The van der Waals surface area contributed by atoms with Gasteiger partial charge >= 0.3 is 6.03 Å². The zero-order valence-electron chi connectivity index (χ0n) is 17.3. The van der Waals surface area contributed by atoms with E-state index in [0.717, 1.165) is 33.3 Å². The SMILES string of the molecule is Cc1ccc(-n2nc(NC(=O)NNC(=O)Cc3ccc4ccccc4c3)cc2C)cc1. The average molecular weight is 413 g/mol. The van der Waals surface area contributed by atoms with E-state index < -0.39 is 6.03 Å². The van der Waals surface area contributed by atoms with Gasteiger partial charge < -0.3 is 0 Å². The number of urea groups is 1. The standard InChI is InChI=1S/C24H23N5O2/c1-16-7-11-21(12-8-16)29-17(2)13-22(28-29)25-24(31)27-26-23(30)15-18-9-10-19-5-3-4-6-20(19)14-18/h3-14H,15H2,1-2H3,(H,26,30)(H2,25,27,28,31). The number of carbonyl (C=O) groups is 2. The fraction of sp³-hybridized carbons (Fsp3) is 0.125. The Hall–Kier alpha value is -4.13. The van der Waals surface area contributed by atoms with Crippen LogP contribution in [-0.4, -0.2) is 21.7 Å². The number of hydrogen-bond donors (Lipinski definition) is 3. The van der Waals surface area contributed by atoms with Crippen molar-refractivity contribution in [3.05, 3.63) is 89.6 Å². The lowest BCUT2D eigenvalue weighted by Crippen LogP contribution is -2.44. The normalized spacial score (nSPS) is 10.6. The Morgan fingerprint density at radius 1 is 0.871 bits per heavy atom. The summed E-state index contributed by atoms with van der Waals surface area (Å²) in [5, 5.41) is 9.22. The van der Waals surface area contributed by atoms with E-state index in [-0.39, 0.29) is 12.3 Å². The maximum atomic E-state index is 12.2. The number of aryl methyl sites for hydroxylation is 2. The van der Waals surface area contributed by atoms with Crippen molar-refractivity contribution in [1.82, 2.24) is 20.6 Å². The van der Waals surface area contributed by atoms with Gasteiger partial charge in [0, 0.05) is 11.8 Å². The van der Waals surface area contributed by atoms with Gasteiger partial charge in [-0.25, -0.2) is 14.9 Å². The maximum Gasteiger partial charge on any atom is 0.339 e. The van der Waals surface area contributed by atoms with Crippen molar-refractivity contribution >= 4 is 28.5 Å². The van der Waals surface area contributed by atoms with E-state index in [2.05, 4.69) is 21.3 Å². The third kappa shape index (κ3) is 4.90. The summed E-state index contributed by atoms with van der Waals surface area (Å²) < 4.78 is 1.74. The number of aromatic nitrogens is 2. The molecule has 4 aromatic rings. The number of nitrogens with one attached hydrogen (secondary N) is 3. The minimum absolute atomic E-state index is 0.159. The number of anilines is 1. The number of amides is 3. The summed E-state index contributed by atoms with van der Waals surface area (Å²) in [7, 11) is 0. The molecule has 3 aromatic carbocycles. The molecule has 0 radical (unpaired) electrons. The van der Waals surface area contributed by atoms with Gasteiger partial charge in [-0.05, 0) is 42.3 Å². The van der Waals surface area contributed by atoms with E-state index in [4.69, 9.17) is 0 Å². The molecule has 0 saturated heterocycles. The van der Waals surface area contributed by atoms with Crippen molar-refractivity contribution < 1.29 is 9.59 Å². The molecule has 3 amide bonds. The topological polar surface area (TPSA) is 88.1 Å². The van der Waals surface area contributed by atoms with Crippen molar-refractivity contribution in [3.8, 4) is 5.69 Å². The monoisotopic (exact) mass is 413 g/mol. The second kappa shape index (κ2) is 8.71. The van der Waals surface area contributed by atoms with Crippen molar-refractivity contribution in [2.24, 2.45) is 0 Å². The van der Waals surface area contributed by atoms with Crippen LogP contribution in [0.15, 0.2) is 72.8 Å². The molecule has 7 heteroatoms. The van der Waals surface area contributed by atoms with Crippen LogP contribution >= 0.6 is 0 Å². The molecular weight excluding hydrogens is 390 g/mol. The van der Waals surface area contributed by atoms with E-state index in [0.29, 0.717) is 5.82 Å². The molecule has 1 aromatic heterocycles. The average Bonchev–Trinajstić information content (AvgIpc) is 3.12. The highest BCUT2D eigenvalue weighted by atomic mass is 16.2. The van der Waals surface area contributed by atoms with E-state index >= 15 is 0 Å². The Labute approximate surface area is 180 Å². The third-order valence-electron chi connectivity index (χ3n) is 4.90. The van der Waals surface area contributed by atoms with Gasteiger partial charge in [0.2, 0.25) is 5.91 Å². The molecule has 3 N–H and O–H groups in total. The summed E-state index contributed by atoms with van der Waals surface area (Å²) in [5.74, 6) is 0.0751. The fourth-order valence-electron chi connectivity index (χ4n) is 3.34. The highest BCUT2D eigenvalue weighted by Gasteiger charge is 2.10. The molecule has 0 fully saturated rings. The summed E-state index contributed by atoms with van der Waals surface area (Å²) >= 11 is 0. The zero-order chi connectivity index (χ0) is 21.8. The van der Waals surface area contributed by atoms with Crippen LogP contribution in [0.2, 0.25) is 0 Å². The molecule has 156 valence electrons.